The minimum absolute atomic E-state index is 0.0267. The van der Waals surface area contributed by atoms with E-state index in [1.165, 1.54) is 0 Å². The molecule has 0 bridgehead atoms. The maximum absolute atomic E-state index is 10.3. The lowest BCUT2D eigenvalue weighted by atomic mass is 9.86. The van der Waals surface area contributed by atoms with E-state index in [0.29, 0.717) is 0 Å². The predicted molar refractivity (Wildman–Crippen MR) is 38.5 cm³/mol. The summed E-state index contributed by atoms with van der Waals surface area (Å²) in [6.45, 7) is 10.0. The van der Waals surface area contributed by atoms with Gasteiger partial charge in [-0.3, -0.25) is 0 Å². The van der Waals surface area contributed by atoms with Gasteiger partial charge in [0.25, 0.3) is 0 Å². The van der Waals surface area contributed by atoms with E-state index >= 15 is 0 Å². The topological polar surface area (TPSA) is 19.9 Å². The minimum atomic E-state index is 0.0267. The Morgan fingerprint density at radius 3 is 2.11 bits per heavy atom. The van der Waals surface area contributed by atoms with Crippen LogP contribution in [0.15, 0.2) is 0 Å². The van der Waals surface area contributed by atoms with Crippen molar-refractivity contribution < 1.29 is 5.11 Å². The zero-order valence-corrected chi connectivity index (χ0v) is 6.61. The zero-order chi connectivity index (χ0) is 7.49. The van der Waals surface area contributed by atoms with Crippen molar-refractivity contribution in [3.63, 3.8) is 0 Å². The Labute approximate surface area is 58.1 Å². The molecule has 0 aliphatic rings. The summed E-state index contributed by atoms with van der Waals surface area (Å²) < 4.78 is 0. The zero-order valence-electron chi connectivity index (χ0n) is 6.61. The summed E-state index contributed by atoms with van der Waals surface area (Å²) in [5.41, 5.74) is 0.0732. The number of hydrogen-bond donors (Lipinski definition) is 0. The monoisotopic (exact) mass is 128 g/mol. The molecule has 0 spiro atoms. The molecule has 0 saturated carbocycles. The molecule has 1 atom stereocenters. The molecule has 0 heterocycles. The molecule has 1 heteroatoms. The lowest BCUT2D eigenvalue weighted by Gasteiger charge is -2.20. The van der Waals surface area contributed by atoms with Crippen molar-refractivity contribution in [2.45, 2.75) is 27.2 Å². The van der Waals surface area contributed by atoms with Crippen LogP contribution in [-0.4, -0.2) is 6.61 Å². The average molecular weight is 128 g/mol. The second-order valence-electron chi connectivity index (χ2n) is 3.64. The molecule has 0 saturated heterocycles. The van der Waals surface area contributed by atoms with Crippen LogP contribution in [0.3, 0.4) is 0 Å². The molecule has 0 aliphatic carbocycles. The van der Waals surface area contributed by atoms with E-state index in [2.05, 4.69) is 20.8 Å². The highest BCUT2D eigenvalue weighted by molar-refractivity contribution is 4.72. The van der Waals surface area contributed by atoms with Crippen molar-refractivity contribution in [3.8, 4) is 0 Å². The van der Waals surface area contributed by atoms with Crippen molar-refractivity contribution >= 4 is 0 Å². The molecule has 0 rings (SSSR count). The molecular weight excluding hydrogens is 112 g/mol. The van der Waals surface area contributed by atoms with Gasteiger partial charge in [0.05, 0.1) is 6.61 Å². The summed E-state index contributed by atoms with van der Waals surface area (Å²) in [7, 11) is 0. The summed E-state index contributed by atoms with van der Waals surface area (Å²) >= 11 is 0. The van der Waals surface area contributed by atoms with Crippen LogP contribution in [0.25, 0.3) is 0 Å². The van der Waals surface area contributed by atoms with Crippen LogP contribution in [-0.2, 0) is 5.11 Å². The van der Waals surface area contributed by atoms with Crippen LogP contribution < -0.4 is 0 Å². The maximum Gasteiger partial charge on any atom is 0.0848 e. The first kappa shape index (κ1) is 8.96. The first-order chi connectivity index (χ1) is 3.95. The third-order valence-corrected chi connectivity index (χ3v) is 1.19. The van der Waals surface area contributed by atoms with Gasteiger partial charge in [0.1, 0.15) is 0 Å². The van der Waals surface area contributed by atoms with Crippen molar-refractivity contribution in [2.75, 3.05) is 6.61 Å². The molecular formula is C8H16O. The first-order valence-corrected chi connectivity index (χ1v) is 3.39. The van der Waals surface area contributed by atoms with E-state index in [9.17, 15) is 5.11 Å². The van der Waals surface area contributed by atoms with Gasteiger partial charge in [-0.15, -0.1) is 0 Å². The van der Waals surface area contributed by atoms with E-state index in [1.54, 1.807) is 0 Å². The first-order valence-electron chi connectivity index (χ1n) is 3.39. The molecule has 1 unspecified atom stereocenters. The van der Waals surface area contributed by atoms with Gasteiger partial charge in [-0.1, -0.05) is 20.8 Å². The van der Waals surface area contributed by atoms with Gasteiger partial charge in [0, 0.05) is 0 Å². The predicted octanol–water partition coefficient (Wildman–Crippen LogP) is 2.30. The summed E-state index contributed by atoms with van der Waals surface area (Å²) in [5.74, 6) is 0.275. The van der Waals surface area contributed by atoms with E-state index in [0.717, 1.165) is 6.42 Å². The van der Waals surface area contributed by atoms with Gasteiger partial charge in [-0.25, -0.2) is 5.11 Å². The van der Waals surface area contributed by atoms with Crippen LogP contribution in [0.4, 0.5) is 0 Å². The highest BCUT2D eigenvalue weighted by atomic mass is 16.3. The van der Waals surface area contributed by atoms with Crippen molar-refractivity contribution in [3.05, 3.63) is 6.92 Å². The third kappa shape index (κ3) is 5.84. The van der Waals surface area contributed by atoms with Gasteiger partial charge in [0.15, 0.2) is 0 Å². The normalized spacial score (nSPS) is 15.7. The van der Waals surface area contributed by atoms with Gasteiger partial charge in [0.2, 0.25) is 0 Å². The molecule has 0 N–H and O–H groups in total. The van der Waals surface area contributed by atoms with E-state index in [4.69, 9.17) is 0 Å². The Kier molecular flexibility index (Phi) is 3.20. The molecule has 0 amide bonds. The fourth-order valence-electron chi connectivity index (χ4n) is 1.00. The van der Waals surface area contributed by atoms with E-state index < -0.39 is 0 Å². The molecule has 0 aromatic heterocycles. The van der Waals surface area contributed by atoms with Crippen molar-refractivity contribution in [2.24, 2.45) is 11.3 Å². The lowest BCUT2D eigenvalue weighted by molar-refractivity contribution is 0.131. The van der Waals surface area contributed by atoms with E-state index in [-0.39, 0.29) is 17.9 Å². The molecule has 2 radical (unpaired) electrons. The molecule has 0 aromatic rings. The van der Waals surface area contributed by atoms with Crippen molar-refractivity contribution in [1.82, 2.24) is 0 Å². The van der Waals surface area contributed by atoms with Gasteiger partial charge in [-0.2, -0.15) is 0 Å². The van der Waals surface area contributed by atoms with Gasteiger partial charge < -0.3 is 0 Å². The Morgan fingerprint density at radius 1 is 1.56 bits per heavy atom. The van der Waals surface area contributed by atoms with Gasteiger partial charge in [-0.05, 0) is 24.7 Å². The number of hydrogen-bond acceptors (Lipinski definition) is 0. The molecule has 0 aromatic carbocycles. The quantitative estimate of drug-likeness (QED) is 0.556. The summed E-state index contributed by atoms with van der Waals surface area (Å²) in [5, 5.41) is 10.3. The van der Waals surface area contributed by atoms with Crippen LogP contribution in [0.2, 0.25) is 0 Å². The second kappa shape index (κ2) is 3.21. The Hall–Kier alpha value is -0.0400. The summed E-state index contributed by atoms with van der Waals surface area (Å²) in [4.78, 5) is 0. The number of rotatable bonds is 3. The largest absolute Gasteiger partial charge is 0.236 e. The van der Waals surface area contributed by atoms with Crippen LogP contribution >= 0.6 is 0 Å². The SMILES string of the molecule is [CH2]C(C)(C)CC(C)C[O]. The Morgan fingerprint density at radius 2 is 2.00 bits per heavy atom. The second-order valence-corrected chi connectivity index (χ2v) is 3.64. The molecule has 1 nitrogen and oxygen atoms in total. The van der Waals surface area contributed by atoms with Crippen LogP contribution in [0.1, 0.15) is 27.2 Å². The summed E-state index contributed by atoms with van der Waals surface area (Å²) in [6, 6.07) is 0. The molecule has 0 aliphatic heterocycles. The lowest BCUT2D eigenvalue weighted by Crippen LogP contribution is -2.13. The summed E-state index contributed by atoms with van der Waals surface area (Å²) in [6.07, 6.45) is 0.927. The fourth-order valence-corrected chi connectivity index (χ4v) is 1.00. The van der Waals surface area contributed by atoms with Crippen LogP contribution in [0.5, 0.6) is 0 Å². The fraction of sp³-hybridized carbons (Fsp3) is 0.875. The smallest absolute Gasteiger partial charge is 0.0848 e. The minimum Gasteiger partial charge on any atom is -0.236 e. The average Bonchev–Trinajstić information content (AvgIpc) is 1.62. The van der Waals surface area contributed by atoms with Crippen LogP contribution in [0, 0.1) is 18.3 Å². The molecule has 54 valence electrons. The maximum atomic E-state index is 10.3. The third-order valence-electron chi connectivity index (χ3n) is 1.19. The highest BCUT2D eigenvalue weighted by Gasteiger charge is 2.14. The molecule has 0 fully saturated rings. The van der Waals surface area contributed by atoms with Crippen molar-refractivity contribution in [1.29, 1.82) is 0 Å². The Balaban J connectivity index is 3.47. The highest BCUT2D eigenvalue weighted by Crippen LogP contribution is 2.22. The molecule has 9 heavy (non-hydrogen) atoms. The van der Waals surface area contributed by atoms with E-state index in [1.807, 2.05) is 6.92 Å². The standard InChI is InChI=1S/C8H16O/c1-7(6-9)5-8(2,3)4/h7H,2,5-6H2,1,3-4H3. The van der Waals surface area contributed by atoms with Gasteiger partial charge >= 0.3 is 0 Å². The Bertz CT molecular complexity index is 71.1.